The predicted octanol–water partition coefficient (Wildman–Crippen LogP) is 1.62. The molecule has 0 bridgehead atoms. The van der Waals surface area contributed by atoms with Crippen molar-refractivity contribution in [2.75, 3.05) is 19.6 Å². The predicted molar refractivity (Wildman–Crippen MR) is 72.2 cm³/mol. The first-order chi connectivity index (χ1) is 8.58. The van der Waals surface area contributed by atoms with E-state index in [0.29, 0.717) is 17.5 Å². The lowest BCUT2D eigenvalue weighted by Gasteiger charge is -2.22. The highest BCUT2D eigenvalue weighted by atomic mass is 35.5. The molecule has 1 aliphatic heterocycles. The molecule has 0 radical (unpaired) electrons. The fraction of sp³-hybridized carbons (Fsp3) is 0.500. The number of nitrogens with one attached hydrogen (secondary N) is 2. The molecule has 0 spiro atoms. The summed E-state index contributed by atoms with van der Waals surface area (Å²) >= 11 is 5.80. The smallest absolute Gasteiger partial charge is 0.240 e. The lowest BCUT2D eigenvalue weighted by molar-refractivity contribution is 0.376. The molecular formula is C12H17ClN2O2S. The molecule has 1 fully saturated rings. The Morgan fingerprint density at radius 2 is 2.28 bits per heavy atom. The van der Waals surface area contributed by atoms with Gasteiger partial charge in [0.15, 0.2) is 0 Å². The Balaban J connectivity index is 1.98. The van der Waals surface area contributed by atoms with E-state index in [9.17, 15) is 8.42 Å². The summed E-state index contributed by atoms with van der Waals surface area (Å²) in [5, 5.41) is 3.69. The summed E-state index contributed by atoms with van der Waals surface area (Å²) in [6, 6.07) is 6.31. The van der Waals surface area contributed by atoms with Gasteiger partial charge in [-0.2, -0.15) is 0 Å². The van der Waals surface area contributed by atoms with Gasteiger partial charge in [-0.05, 0) is 50.0 Å². The van der Waals surface area contributed by atoms with E-state index in [4.69, 9.17) is 11.6 Å². The third kappa shape index (κ3) is 3.68. The maximum atomic E-state index is 12.0. The summed E-state index contributed by atoms with van der Waals surface area (Å²) in [5.41, 5.74) is 0. The summed E-state index contributed by atoms with van der Waals surface area (Å²) < 4.78 is 26.7. The topological polar surface area (TPSA) is 58.2 Å². The number of hydrogen-bond donors (Lipinski definition) is 2. The van der Waals surface area contributed by atoms with Crippen molar-refractivity contribution in [3.63, 3.8) is 0 Å². The third-order valence-corrected chi connectivity index (χ3v) is 4.72. The number of benzene rings is 1. The number of hydrogen-bond acceptors (Lipinski definition) is 3. The Labute approximate surface area is 113 Å². The Bertz CT molecular complexity index is 499. The van der Waals surface area contributed by atoms with E-state index in [1.807, 2.05) is 0 Å². The molecule has 0 aliphatic carbocycles. The van der Waals surface area contributed by atoms with Gasteiger partial charge in [-0.1, -0.05) is 17.7 Å². The molecule has 1 aromatic carbocycles. The van der Waals surface area contributed by atoms with Gasteiger partial charge >= 0.3 is 0 Å². The van der Waals surface area contributed by atoms with Gasteiger partial charge in [0, 0.05) is 11.6 Å². The van der Waals surface area contributed by atoms with Crippen molar-refractivity contribution < 1.29 is 8.42 Å². The van der Waals surface area contributed by atoms with Gasteiger partial charge in [0.25, 0.3) is 0 Å². The lowest BCUT2D eigenvalue weighted by atomic mass is 10.0. The molecule has 2 rings (SSSR count). The summed E-state index contributed by atoms with van der Waals surface area (Å²) in [4.78, 5) is 0.221. The van der Waals surface area contributed by atoms with Crippen LogP contribution in [0.4, 0.5) is 0 Å². The Kier molecular flexibility index (Phi) is 4.61. The Morgan fingerprint density at radius 1 is 1.44 bits per heavy atom. The highest BCUT2D eigenvalue weighted by molar-refractivity contribution is 7.89. The van der Waals surface area contributed by atoms with Crippen LogP contribution in [0.5, 0.6) is 0 Å². The SMILES string of the molecule is O=S(=O)(NCC1CCCNC1)c1cccc(Cl)c1. The highest BCUT2D eigenvalue weighted by Gasteiger charge is 2.18. The minimum atomic E-state index is -3.44. The van der Waals surface area contributed by atoms with E-state index in [1.165, 1.54) is 6.07 Å². The zero-order valence-corrected chi connectivity index (χ0v) is 11.6. The van der Waals surface area contributed by atoms with Crippen LogP contribution in [0.15, 0.2) is 29.2 Å². The second kappa shape index (κ2) is 6.02. The van der Waals surface area contributed by atoms with E-state index in [0.717, 1.165) is 25.9 Å². The zero-order chi connectivity index (χ0) is 13.0. The molecule has 100 valence electrons. The molecular weight excluding hydrogens is 272 g/mol. The van der Waals surface area contributed by atoms with E-state index in [1.54, 1.807) is 18.2 Å². The molecule has 2 N–H and O–H groups in total. The summed E-state index contributed by atoms with van der Waals surface area (Å²) in [7, 11) is -3.44. The first-order valence-corrected chi connectivity index (χ1v) is 7.90. The number of halogens is 1. The van der Waals surface area contributed by atoms with Crippen LogP contribution < -0.4 is 10.0 Å². The van der Waals surface area contributed by atoms with Crippen LogP contribution in [0, 0.1) is 5.92 Å². The Hall–Kier alpha value is -0.620. The molecule has 6 heteroatoms. The average Bonchev–Trinajstić information content (AvgIpc) is 2.38. The van der Waals surface area contributed by atoms with Crippen LogP contribution in [0.3, 0.4) is 0 Å². The van der Waals surface area contributed by atoms with Crippen LogP contribution in [-0.4, -0.2) is 28.1 Å². The standard InChI is InChI=1S/C12H17ClN2O2S/c13-11-4-1-5-12(7-11)18(16,17)15-9-10-3-2-6-14-8-10/h1,4-5,7,10,14-15H,2-3,6,8-9H2. The lowest BCUT2D eigenvalue weighted by Crippen LogP contribution is -2.38. The van der Waals surface area contributed by atoms with Gasteiger partial charge < -0.3 is 5.32 Å². The molecule has 1 atom stereocenters. The first-order valence-electron chi connectivity index (χ1n) is 6.04. The van der Waals surface area contributed by atoms with E-state index in [-0.39, 0.29) is 4.90 Å². The fourth-order valence-electron chi connectivity index (χ4n) is 2.04. The first kappa shape index (κ1) is 13.8. The van der Waals surface area contributed by atoms with Crippen molar-refractivity contribution in [3.8, 4) is 0 Å². The van der Waals surface area contributed by atoms with E-state index < -0.39 is 10.0 Å². The molecule has 1 heterocycles. The molecule has 4 nitrogen and oxygen atoms in total. The van der Waals surface area contributed by atoms with Gasteiger partial charge in [0.1, 0.15) is 0 Å². The molecule has 1 unspecified atom stereocenters. The summed E-state index contributed by atoms with van der Waals surface area (Å²) in [6.07, 6.45) is 2.16. The molecule has 0 amide bonds. The van der Waals surface area contributed by atoms with Crippen LogP contribution in [0.1, 0.15) is 12.8 Å². The summed E-state index contributed by atoms with van der Waals surface area (Å²) in [6.45, 7) is 2.37. The van der Waals surface area contributed by atoms with Crippen molar-refractivity contribution in [1.29, 1.82) is 0 Å². The van der Waals surface area contributed by atoms with Gasteiger partial charge in [-0.3, -0.25) is 0 Å². The summed E-state index contributed by atoms with van der Waals surface area (Å²) in [5.74, 6) is 0.368. The number of rotatable bonds is 4. The maximum Gasteiger partial charge on any atom is 0.240 e. The molecule has 1 saturated heterocycles. The molecule has 0 aromatic heterocycles. The molecule has 18 heavy (non-hydrogen) atoms. The Morgan fingerprint density at radius 3 is 2.94 bits per heavy atom. The van der Waals surface area contributed by atoms with Crippen LogP contribution >= 0.6 is 11.6 Å². The van der Waals surface area contributed by atoms with Crippen molar-refractivity contribution in [2.24, 2.45) is 5.92 Å². The van der Waals surface area contributed by atoms with E-state index in [2.05, 4.69) is 10.0 Å². The van der Waals surface area contributed by atoms with E-state index >= 15 is 0 Å². The largest absolute Gasteiger partial charge is 0.316 e. The quantitative estimate of drug-likeness (QED) is 0.885. The van der Waals surface area contributed by atoms with Gasteiger partial charge in [0.2, 0.25) is 10.0 Å². The minimum absolute atomic E-state index is 0.221. The zero-order valence-electron chi connectivity index (χ0n) is 10.0. The molecule has 1 aromatic rings. The second-order valence-corrected chi connectivity index (χ2v) is 6.73. The number of sulfonamides is 1. The van der Waals surface area contributed by atoms with Gasteiger partial charge in [-0.25, -0.2) is 13.1 Å². The second-order valence-electron chi connectivity index (χ2n) is 4.52. The van der Waals surface area contributed by atoms with Crippen molar-refractivity contribution >= 4 is 21.6 Å². The fourth-order valence-corrected chi connectivity index (χ4v) is 3.46. The number of piperidine rings is 1. The monoisotopic (exact) mass is 288 g/mol. The van der Waals surface area contributed by atoms with Crippen molar-refractivity contribution in [2.45, 2.75) is 17.7 Å². The third-order valence-electron chi connectivity index (χ3n) is 3.07. The van der Waals surface area contributed by atoms with Crippen molar-refractivity contribution in [3.05, 3.63) is 29.3 Å². The maximum absolute atomic E-state index is 12.0. The van der Waals surface area contributed by atoms with Crippen LogP contribution in [0.25, 0.3) is 0 Å². The highest BCUT2D eigenvalue weighted by Crippen LogP contribution is 2.16. The van der Waals surface area contributed by atoms with Crippen LogP contribution in [0.2, 0.25) is 5.02 Å². The van der Waals surface area contributed by atoms with Crippen LogP contribution in [-0.2, 0) is 10.0 Å². The molecule has 1 aliphatic rings. The average molecular weight is 289 g/mol. The van der Waals surface area contributed by atoms with Gasteiger partial charge in [-0.15, -0.1) is 0 Å². The van der Waals surface area contributed by atoms with Crippen molar-refractivity contribution in [1.82, 2.24) is 10.0 Å². The normalized spacial score (nSPS) is 20.8. The molecule has 0 saturated carbocycles. The van der Waals surface area contributed by atoms with Gasteiger partial charge in [0.05, 0.1) is 4.90 Å². The minimum Gasteiger partial charge on any atom is -0.316 e.